The van der Waals surface area contributed by atoms with Gasteiger partial charge in [-0.1, -0.05) is 31.2 Å². The molecule has 6 nitrogen and oxygen atoms in total. The van der Waals surface area contributed by atoms with Gasteiger partial charge in [0.2, 0.25) is 0 Å². The number of nitrogens with zero attached hydrogens (tertiary/aromatic N) is 1. The van der Waals surface area contributed by atoms with Gasteiger partial charge in [0.25, 0.3) is 5.91 Å². The van der Waals surface area contributed by atoms with Crippen molar-refractivity contribution in [2.75, 3.05) is 19.4 Å². The Balaban J connectivity index is 1.95. The highest BCUT2D eigenvalue weighted by Gasteiger charge is 2.43. The first-order valence-corrected chi connectivity index (χ1v) is 10.8. The quantitative estimate of drug-likeness (QED) is 0.672. The number of Topliss-reactive ketones (excluding diaryl/α,β-unsaturated/α-hetero) is 1. The van der Waals surface area contributed by atoms with Gasteiger partial charge in [0.15, 0.2) is 5.78 Å². The van der Waals surface area contributed by atoms with Crippen LogP contribution in [0.1, 0.15) is 42.1 Å². The first-order chi connectivity index (χ1) is 13.5. The second-order valence-corrected chi connectivity index (χ2v) is 7.94. The van der Waals surface area contributed by atoms with E-state index in [1.165, 1.54) is 11.8 Å². The molecule has 2 aliphatic rings. The van der Waals surface area contributed by atoms with Gasteiger partial charge in [-0.2, -0.15) is 0 Å². The van der Waals surface area contributed by atoms with Crippen LogP contribution in [-0.4, -0.2) is 58.6 Å². The van der Waals surface area contributed by atoms with Crippen molar-refractivity contribution in [2.45, 2.75) is 44.1 Å². The molecule has 0 bridgehead atoms. The van der Waals surface area contributed by atoms with Crippen LogP contribution in [0.4, 0.5) is 0 Å². The van der Waals surface area contributed by atoms with E-state index in [1.807, 2.05) is 25.3 Å². The average molecular weight is 404 g/mol. The molecular formula is C21H25NO5S. The van der Waals surface area contributed by atoms with Gasteiger partial charge < -0.3 is 14.7 Å². The second kappa shape index (κ2) is 8.92. The van der Waals surface area contributed by atoms with Gasteiger partial charge in [-0.05, 0) is 31.1 Å². The zero-order chi connectivity index (χ0) is 20.3. The van der Waals surface area contributed by atoms with Crippen molar-refractivity contribution in [3.8, 4) is 0 Å². The van der Waals surface area contributed by atoms with Crippen molar-refractivity contribution in [1.29, 1.82) is 0 Å². The molecule has 0 spiro atoms. The molecule has 1 saturated heterocycles. The highest BCUT2D eigenvalue weighted by Crippen LogP contribution is 2.37. The van der Waals surface area contributed by atoms with Crippen LogP contribution in [-0.2, 0) is 20.7 Å². The van der Waals surface area contributed by atoms with Crippen LogP contribution in [0.2, 0.25) is 0 Å². The fourth-order valence-corrected chi connectivity index (χ4v) is 4.67. The molecule has 1 aromatic rings. The first-order valence-electron chi connectivity index (χ1n) is 9.50. The molecule has 1 amide bonds. The number of hydrogen-bond acceptors (Lipinski definition) is 5. The van der Waals surface area contributed by atoms with Crippen molar-refractivity contribution in [3.63, 3.8) is 0 Å². The summed E-state index contributed by atoms with van der Waals surface area (Å²) in [7, 11) is 0. The summed E-state index contributed by atoms with van der Waals surface area (Å²) in [6.45, 7) is 3.08. The summed E-state index contributed by atoms with van der Waals surface area (Å²) in [5.74, 6) is -1.76. The Kier molecular flexibility index (Phi) is 6.57. The number of aryl methyl sites for hydroxylation is 1. The number of thioether (sulfide) groups is 1. The lowest BCUT2D eigenvalue weighted by molar-refractivity contribution is -0.137. The highest BCUT2D eigenvalue weighted by molar-refractivity contribution is 7.99. The molecule has 1 fully saturated rings. The summed E-state index contributed by atoms with van der Waals surface area (Å²) in [6, 6.07) is 7.27. The predicted octanol–water partition coefficient (Wildman–Crippen LogP) is 2.91. The third-order valence-corrected chi connectivity index (χ3v) is 6.16. The average Bonchev–Trinajstić information content (AvgIpc) is 3.29. The molecule has 2 heterocycles. The Bertz CT molecular complexity index is 796. The number of carbonyl (C=O) groups is 3. The number of rotatable bonds is 8. The third-order valence-electron chi connectivity index (χ3n) is 5.22. The molecule has 2 aliphatic heterocycles. The van der Waals surface area contributed by atoms with Crippen molar-refractivity contribution < 1.29 is 24.2 Å². The summed E-state index contributed by atoms with van der Waals surface area (Å²) in [5, 5.41) is 8.82. The lowest BCUT2D eigenvalue weighted by Crippen LogP contribution is -2.40. The molecule has 3 rings (SSSR count). The van der Waals surface area contributed by atoms with Gasteiger partial charge in [-0.25, -0.2) is 0 Å². The molecule has 28 heavy (non-hydrogen) atoms. The monoisotopic (exact) mass is 403 g/mol. The van der Waals surface area contributed by atoms with Crippen LogP contribution in [0.15, 0.2) is 35.4 Å². The largest absolute Gasteiger partial charge is 0.481 e. The molecule has 0 aromatic heterocycles. The minimum atomic E-state index is -1.12. The molecule has 0 radical (unpaired) electrons. The normalized spacial score (nSPS) is 22.2. The van der Waals surface area contributed by atoms with Crippen LogP contribution < -0.4 is 0 Å². The van der Waals surface area contributed by atoms with E-state index < -0.39 is 17.8 Å². The fourth-order valence-electron chi connectivity index (χ4n) is 3.75. The molecule has 1 N–H and O–H groups in total. The van der Waals surface area contributed by atoms with Crippen molar-refractivity contribution in [3.05, 3.63) is 46.5 Å². The van der Waals surface area contributed by atoms with E-state index in [4.69, 9.17) is 4.74 Å². The summed E-state index contributed by atoms with van der Waals surface area (Å²) < 4.78 is 5.66. The number of aliphatic carboxylic acids is 1. The smallest absolute Gasteiger partial charge is 0.308 e. The van der Waals surface area contributed by atoms with Crippen LogP contribution in [0.3, 0.4) is 0 Å². The van der Waals surface area contributed by atoms with Gasteiger partial charge in [0, 0.05) is 29.9 Å². The van der Waals surface area contributed by atoms with Gasteiger partial charge >= 0.3 is 5.97 Å². The van der Waals surface area contributed by atoms with Crippen molar-refractivity contribution in [2.24, 2.45) is 0 Å². The minimum Gasteiger partial charge on any atom is -0.481 e. The Morgan fingerprint density at radius 1 is 1.29 bits per heavy atom. The van der Waals surface area contributed by atoms with E-state index in [2.05, 4.69) is 0 Å². The van der Waals surface area contributed by atoms with Crippen LogP contribution in [0.5, 0.6) is 0 Å². The second-order valence-electron chi connectivity index (χ2n) is 7.02. The molecular weight excluding hydrogens is 378 g/mol. The number of ketones is 1. The Morgan fingerprint density at radius 3 is 2.54 bits per heavy atom. The predicted molar refractivity (Wildman–Crippen MR) is 107 cm³/mol. The number of carboxylic acid groups (broad SMARTS) is 1. The van der Waals surface area contributed by atoms with Crippen molar-refractivity contribution in [1.82, 2.24) is 4.90 Å². The minimum absolute atomic E-state index is 0.0667. The number of hydrogen-bond donors (Lipinski definition) is 1. The Morgan fingerprint density at radius 2 is 2.00 bits per heavy atom. The molecule has 0 unspecified atom stereocenters. The number of benzene rings is 1. The van der Waals surface area contributed by atoms with Gasteiger partial charge in [-0.3, -0.25) is 14.4 Å². The lowest BCUT2D eigenvalue weighted by Gasteiger charge is -2.27. The maximum Gasteiger partial charge on any atom is 0.308 e. The topological polar surface area (TPSA) is 83.9 Å². The number of carboxylic acids is 1. The molecule has 2 atom stereocenters. The van der Waals surface area contributed by atoms with E-state index in [0.717, 1.165) is 24.8 Å². The highest BCUT2D eigenvalue weighted by atomic mass is 32.2. The maximum atomic E-state index is 13.3. The summed E-state index contributed by atoms with van der Waals surface area (Å²) >= 11 is 1.38. The molecule has 0 saturated carbocycles. The van der Waals surface area contributed by atoms with Gasteiger partial charge in [0.05, 0.1) is 12.5 Å². The SMILES string of the molecule is CCc1ccc(C(=O)C2=C(CC(=O)O)C(=O)N(C[C@H]3CCCO3)[C@@H]2SC)cc1. The van der Waals surface area contributed by atoms with Crippen LogP contribution in [0, 0.1) is 0 Å². The standard InChI is InChI=1S/C21H25NO5S/c1-3-13-6-8-14(9-7-13)19(25)18-16(11-17(23)24)20(26)22(21(18)28-2)12-15-5-4-10-27-15/h6-9,15,21H,3-5,10-12H2,1-2H3,(H,23,24)/t15-,21-/m1/s1. The Hall–Kier alpha value is -2.12. The molecule has 7 heteroatoms. The molecule has 1 aromatic carbocycles. The van der Waals surface area contributed by atoms with E-state index in [0.29, 0.717) is 24.3 Å². The lowest BCUT2D eigenvalue weighted by atomic mass is 9.97. The number of ether oxygens (including phenoxy) is 1. The van der Waals surface area contributed by atoms with Crippen molar-refractivity contribution >= 4 is 29.4 Å². The van der Waals surface area contributed by atoms with E-state index >= 15 is 0 Å². The van der Waals surface area contributed by atoms with Crippen LogP contribution >= 0.6 is 11.8 Å². The third kappa shape index (κ3) is 4.15. The summed E-state index contributed by atoms with van der Waals surface area (Å²) in [4.78, 5) is 39.3. The summed E-state index contributed by atoms with van der Waals surface area (Å²) in [5.41, 5.74) is 1.97. The van der Waals surface area contributed by atoms with Crippen LogP contribution in [0.25, 0.3) is 0 Å². The fraction of sp³-hybridized carbons (Fsp3) is 0.476. The Labute approximate surface area is 168 Å². The molecule has 0 aliphatic carbocycles. The van der Waals surface area contributed by atoms with E-state index in [9.17, 15) is 19.5 Å². The van der Waals surface area contributed by atoms with E-state index in [1.54, 1.807) is 17.0 Å². The van der Waals surface area contributed by atoms with Gasteiger partial charge in [0.1, 0.15) is 5.37 Å². The first kappa shape index (κ1) is 20.6. The molecule has 150 valence electrons. The number of amides is 1. The summed E-state index contributed by atoms with van der Waals surface area (Å²) in [6.07, 6.45) is 3.98. The van der Waals surface area contributed by atoms with E-state index in [-0.39, 0.29) is 23.4 Å². The number of carbonyl (C=O) groups excluding carboxylic acids is 2. The maximum absolute atomic E-state index is 13.3. The zero-order valence-electron chi connectivity index (χ0n) is 16.1. The zero-order valence-corrected chi connectivity index (χ0v) is 17.0. The van der Waals surface area contributed by atoms with Gasteiger partial charge in [-0.15, -0.1) is 11.8 Å².